The SMILES string of the molecule is Cc1cc(F)ccc1NCc1ccc(N)cc1. The highest BCUT2D eigenvalue weighted by molar-refractivity contribution is 5.51. The molecule has 0 unspecified atom stereocenters. The van der Waals surface area contributed by atoms with Gasteiger partial charge in [0.05, 0.1) is 0 Å². The van der Waals surface area contributed by atoms with Crippen LogP contribution < -0.4 is 11.1 Å². The van der Waals surface area contributed by atoms with E-state index in [4.69, 9.17) is 5.73 Å². The molecular formula is C14H15FN2. The van der Waals surface area contributed by atoms with Crippen molar-refractivity contribution in [1.82, 2.24) is 0 Å². The molecule has 0 saturated heterocycles. The zero-order chi connectivity index (χ0) is 12.3. The molecule has 2 aromatic rings. The van der Waals surface area contributed by atoms with E-state index in [9.17, 15) is 4.39 Å². The Hall–Kier alpha value is -2.03. The van der Waals surface area contributed by atoms with E-state index in [0.29, 0.717) is 6.54 Å². The largest absolute Gasteiger partial charge is 0.399 e. The van der Waals surface area contributed by atoms with Gasteiger partial charge in [-0.2, -0.15) is 0 Å². The molecule has 0 radical (unpaired) electrons. The van der Waals surface area contributed by atoms with Crippen LogP contribution in [0.5, 0.6) is 0 Å². The molecule has 2 aromatic carbocycles. The maximum atomic E-state index is 12.9. The smallest absolute Gasteiger partial charge is 0.123 e. The Bertz CT molecular complexity index is 506. The summed E-state index contributed by atoms with van der Waals surface area (Å²) in [6, 6.07) is 12.4. The second kappa shape index (κ2) is 4.87. The zero-order valence-corrected chi connectivity index (χ0v) is 9.70. The predicted molar refractivity (Wildman–Crippen MR) is 69.3 cm³/mol. The third-order valence-electron chi connectivity index (χ3n) is 2.65. The van der Waals surface area contributed by atoms with Gasteiger partial charge in [0.15, 0.2) is 0 Å². The minimum atomic E-state index is -0.208. The number of anilines is 2. The molecule has 88 valence electrons. The van der Waals surface area contributed by atoms with Crippen molar-refractivity contribution in [3.8, 4) is 0 Å². The Morgan fingerprint density at radius 2 is 1.82 bits per heavy atom. The van der Waals surface area contributed by atoms with Crippen LogP contribution in [0.25, 0.3) is 0 Å². The van der Waals surface area contributed by atoms with E-state index in [1.165, 1.54) is 12.1 Å². The zero-order valence-electron chi connectivity index (χ0n) is 9.70. The van der Waals surface area contributed by atoms with Crippen LogP contribution in [-0.4, -0.2) is 0 Å². The van der Waals surface area contributed by atoms with Crippen LogP contribution in [0.2, 0.25) is 0 Å². The lowest BCUT2D eigenvalue weighted by Gasteiger charge is -2.09. The first kappa shape index (κ1) is 11.5. The molecule has 0 aromatic heterocycles. The van der Waals surface area contributed by atoms with Crippen molar-refractivity contribution in [2.24, 2.45) is 0 Å². The fourth-order valence-electron chi connectivity index (χ4n) is 1.66. The summed E-state index contributed by atoms with van der Waals surface area (Å²) in [5.74, 6) is -0.208. The predicted octanol–water partition coefficient (Wildman–Crippen LogP) is 3.33. The highest BCUT2D eigenvalue weighted by Gasteiger charge is 1.99. The Morgan fingerprint density at radius 1 is 1.12 bits per heavy atom. The normalized spacial score (nSPS) is 10.2. The van der Waals surface area contributed by atoms with Gasteiger partial charge < -0.3 is 11.1 Å². The number of hydrogen-bond acceptors (Lipinski definition) is 2. The van der Waals surface area contributed by atoms with E-state index in [-0.39, 0.29) is 5.82 Å². The first-order chi connectivity index (χ1) is 8.15. The molecule has 0 aliphatic rings. The summed E-state index contributed by atoms with van der Waals surface area (Å²) >= 11 is 0. The second-order valence-corrected chi connectivity index (χ2v) is 4.05. The third-order valence-corrected chi connectivity index (χ3v) is 2.65. The quantitative estimate of drug-likeness (QED) is 0.794. The third kappa shape index (κ3) is 2.97. The van der Waals surface area contributed by atoms with Gasteiger partial charge in [0.2, 0.25) is 0 Å². The highest BCUT2D eigenvalue weighted by Crippen LogP contribution is 2.17. The lowest BCUT2D eigenvalue weighted by atomic mass is 10.1. The van der Waals surface area contributed by atoms with Gasteiger partial charge in [0, 0.05) is 17.9 Å². The molecule has 17 heavy (non-hydrogen) atoms. The van der Waals surface area contributed by atoms with E-state index >= 15 is 0 Å². The number of rotatable bonds is 3. The first-order valence-corrected chi connectivity index (χ1v) is 5.49. The fraction of sp³-hybridized carbons (Fsp3) is 0.143. The lowest BCUT2D eigenvalue weighted by Crippen LogP contribution is -2.01. The number of nitrogens with one attached hydrogen (secondary N) is 1. The van der Waals surface area contributed by atoms with E-state index < -0.39 is 0 Å². The van der Waals surface area contributed by atoms with Crippen molar-refractivity contribution in [2.75, 3.05) is 11.1 Å². The van der Waals surface area contributed by atoms with Gasteiger partial charge in [-0.05, 0) is 48.4 Å². The molecule has 0 saturated carbocycles. The average Bonchev–Trinajstić information content (AvgIpc) is 2.30. The van der Waals surface area contributed by atoms with Crippen molar-refractivity contribution >= 4 is 11.4 Å². The van der Waals surface area contributed by atoms with Gasteiger partial charge in [-0.25, -0.2) is 4.39 Å². The maximum absolute atomic E-state index is 12.9. The molecule has 0 heterocycles. The Balaban J connectivity index is 2.04. The van der Waals surface area contributed by atoms with Crippen LogP contribution >= 0.6 is 0 Å². The van der Waals surface area contributed by atoms with E-state index in [1.54, 1.807) is 6.07 Å². The number of nitrogens with two attached hydrogens (primary N) is 1. The van der Waals surface area contributed by atoms with Crippen LogP contribution in [0.4, 0.5) is 15.8 Å². The van der Waals surface area contributed by atoms with Gasteiger partial charge in [0.1, 0.15) is 5.82 Å². The highest BCUT2D eigenvalue weighted by atomic mass is 19.1. The number of aryl methyl sites for hydroxylation is 1. The number of benzene rings is 2. The van der Waals surface area contributed by atoms with E-state index in [2.05, 4.69) is 5.32 Å². The molecular weight excluding hydrogens is 215 g/mol. The molecule has 0 amide bonds. The molecule has 0 atom stereocenters. The monoisotopic (exact) mass is 230 g/mol. The molecule has 0 fully saturated rings. The van der Waals surface area contributed by atoms with Crippen molar-refractivity contribution in [3.05, 3.63) is 59.4 Å². The molecule has 3 N–H and O–H groups in total. The van der Waals surface area contributed by atoms with Crippen molar-refractivity contribution in [1.29, 1.82) is 0 Å². The minimum absolute atomic E-state index is 0.208. The lowest BCUT2D eigenvalue weighted by molar-refractivity contribution is 0.627. The Kier molecular flexibility index (Phi) is 3.28. The van der Waals surface area contributed by atoms with Gasteiger partial charge in [-0.15, -0.1) is 0 Å². The van der Waals surface area contributed by atoms with Crippen LogP contribution in [0, 0.1) is 12.7 Å². The summed E-state index contributed by atoms with van der Waals surface area (Å²) in [4.78, 5) is 0. The molecule has 0 aliphatic carbocycles. The van der Waals surface area contributed by atoms with Crippen molar-refractivity contribution in [3.63, 3.8) is 0 Å². The van der Waals surface area contributed by atoms with E-state index in [1.807, 2.05) is 31.2 Å². The van der Waals surface area contributed by atoms with Crippen LogP contribution in [0.3, 0.4) is 0 Å². The molecule has 0 aliphatic heterocycles. The number of nitrogen functional groups attached to an aromatic ring is 1. The summed E-state index contributed by atoms with van der Waals surface area (Å²) < 4.78 is 12.9. The topological polar surface area (TPSA) is 38.0 Å². The summed E-state index contributed by atoms with van der Waals surface area (Å²) in [5, 5.41) is 3.27. The molecule has 2 nitrogen and oxygen atoms in total. The molecule has 2 rings (SSSR count). The Morgan fingerprint density at radius 3 is 2.47 bits per heavy atom. The van der Waals surface area contributed by atoms with Gasteiger partial charge in [0.25, 0.3) is 0 Å². The number of hydrogen-bond donors (Lipinski definition) is 2. The van der Waals surface area contributed by atoms with Crippen molar-refractivity contribution in [2.45, 2.75) is 13.5 Å². The average molecular weight is 230 g/mol. The minimum Gasteiger partial charge on any atom is -0.399 e. The van der Waals surface area contributed by atoms with Gasteiger partial charge in [-0.3, -0.25) is 0 Å². The summed E-state index contributed by atoms with van der Waals surface area (Å²) in [7, 11) is 0. The molecule has 0 spiro atoms. The summed E-state index contributed by atoms with van der Waals surface area (Å²) in [6.07, 6.45) is 0. The summed E-state index contributed by atoms with van der Waals surface area (Å²) in [6.45, 7) is 2.58. The van der Waals surface area contributed by atoms with Crippen molar-refractivity contribution < 1.29 is 4.39 Å². The second-order valence-electron chi connectivity index (χ2n) is 4.05. The summed E-state index contributed by atoms with van der Waals surface area (Å²) in [5.41, 5.74) is 9.36. The molecule has 3 heteroatoms. The number of halogens is 1. The Labute approximate surface area is 100 Å². The van der Waals surface area contributed by atoms with Crippen LogP contribution in [0.15, 0.2) is 42.5 Å². The van der Waals surface area contributed by atoms with Crippen LogP contribution in [0.1, 0.15) is 11.1 Å². The standard InChI is InChI=1S/C14H15FN2/c1-10-8-12(15)4-7-14(10)17-9-11-2-5-13(16)6-3-11/h2-8,17H,9,16H2,1H3. The van der Waals surface area contributed by atoms with E-state index in [0.717, 1.165) is 22.5 Å². The fourth-order valence-corrected chi connectivity index (χ4v) is 1.66. The first-order valence-electron chi connectivity index (χ1n) is 5.49. The van der Waals surface area contributed by atoms with Gasteiger partial charge >= 0.3 is 0 Å². The molecule has 0 bridgehead atoms. The van der Waals surface area contributed by atoms with Crippen LogP contribution in [-0.2, 0) is 6.54 Å². The maximum Gasteiger partial charge on any atom is 0.123 e. The van der Waals surface area contributed by atoms with Gasteiger partial charge in [-0.1, -0.05) is 12.1 Å².